The Hall–Kier alpha value is -2.55. The molecule has 0 bridgehead atoms. The number of alkyl halides is 3. The van der Waals surface area contributed by atoms with Gasteiger partial charge in [-0.15, -0.1) is 0 Å². The molecule has 5 rings (SSSR count). The molecule has 1 saturated heterocycles. The van der Waals surface area contributed by atoms with E-state index >= 15 is 0 Å². The number of anilines is 1. The Labute approximate surface area is 185 Å². The van der Waals surface area contributed by atoms with Crippen LogP contribution in [-0.2, 0) is 11.3 Å². The van der Waals surface area contributed by atoms with Crippen LogP contribution in [0.3, 0.4) is 0 Å². The SMILES string of the molecule is O=C1OCc2ccccc2N1C1CCN(C2N=C(C(F)(F)F)C=CN2C2CCCC2)CC1. The quantitative estimate of drug-likeness (QED) is 0.675. The summed E-state index contributed by atoms with van der Waals surface area (Å²) in [4.78, 5) is 22.4. The van der Waals surface area contributed by atoms with Crippen LogP contribution in [0, 0.1) is 0 Å². The van der Waals surface area contributed by atoms with Crippen molar-refractivity contribution in [1.82, 2.24) is 9.80 Å². The molecule has 0 aromatic heterocycles. The number of cyclic esters (lactones) is 1. The van der Waals surface area contributed by atoms with E-state index in [4.69, 9.17) is 4.74 Å². The predicted molar refractivity (Wildman–Crippen MR) is 114 cm³/mol. The highest BCUT2D eigenvalue weighted by atomic mass is 19.4. The third-order valence-electron chi connectivity index (χ3n) is 6.95. The monoisotopic (exact) mass is 448 g/mol. The first kappa shape index (κ1) is 21.3. The molecule has 3 heterocycles. The summed E-state index contributed by atoms with van der Waals surface area (Å²) >= 11 is 0. The van der Waals surface area contributed by atoms with Crippen molar-refractivity contribution >= 4 is 17.5 Å². The van der Waals surface area contributed by atoms with Crippen molar-refractivity contribution in [2.75, 3.05) is 18.0 Å². The lowest BCUT2D eigenvalue weighted by Gasteiger charge is -2.46. The number of carbonyl (C=O) groups excluding carboxylic acids is 1. The molecule has 1 atom stereocenters. The summed E-state index contributed by atoms with van der Waals surface area (Å²) in [5.74, 6) is 0. The molecule has 172 valence electrons. The van der Waals surface area contributed by atoms with E-state index in [1.165, 1.54) is 0 Å². The summed E-state index contributed by atoms with van der Waals surface area (Å²) in [5.41, 5.74) is 1.01. The van der Waals surface area contributed by atoms with E-state index in [-0.39, 0.29) is 24.8 Å². The molecule has 4 aliphatic rings. The second-order valence-electron chi connectivity index (χ2n) is 8.88. The van der Waals surface area contributed by atoms with E-state index in [9.17, 15) is 18.0 Å². The number of piperidine rings is 1. The minimum Gasteiger partial charge on any atom is -0.444 e. The fourth-order valence-corrected chi connectivity index (χ4v) is 5.31. The van der Waals surface area contributed by atoms with E-state index in [0.29, 0.717) is 25.9 Å². The summed E-state index contributed by atoms with van der Waals surface area (Å²) < 4.78 is 45.6. The zero-order valence-electron chi connectivity index (χ0n) is 17.8. The molecule has 1 unspecified atom stereocenters. The standard InChI is InChI=1S/C23H27F3N4O2/c24-23(25,26)20-11-14-29(17-6-2-3-7-17)21(27-20)28-12-9-18(10-13-28)30-19-8-4-1-5-16(19)15-32-22(30)31/h1,4-5,8,11,14,17-18,21H,2-3,6-7,9-10,12-13,15H2. The number of hydrogen-bond donors (Lipinski definition) is 0. The maximum Gasteiger partial charge on any atom is 0.433 e. The number of para-hydroxylation sites is 1. The topological polar surface area (TPSA) is 48.4 Å². The molecule has 32 heavy (non-hydrogen) atoms. The Morgan fingerprint density at radius 3 is 2.44 bits per heavy atom. The maximum absolute atomic E-state index is 13.4. The van der Waals surface area contributed by atoms with Gasteiger partial charge in [-0.2, -0.15) is 13.2 Å². The van der Waals surface area contributed by atoms with Crippen LogP contribution >= 0.6 is 0 Å². The molecule has 1 saturated carbocycles. The van der Waals surface area contributed by atoms with Crippen LogP contribution in [-0.4, -0.2) is 59.2 Å². The fourth-order valence-electron chi connectivity index (χ4n) is 5.31. The van der Waals surface area contributed by atoms with Gasteiger partial charge in [0.2, 0.25) is 0 Å². The Kier molecular flexibility index (Phi) is 5.61. The molecule has 6 nitrogen and oxygen atoms in total. The lowest BCUT2D eigenvalue weighted by Crippen LogP contribution is -2.56. The van der Waals surface area contributed by atoms with Gasteiger partial charge in [0, 0.05) is 36.9 Å². The largest absolute Gasteiger partial charge is 0.444 e. The van der Waals surface area contributed by atoms with Crippen molar-refractivity contribution in [3.05, 3.63) is 42.1 Å². The van der Waals surface area contributed by atoms with Crippen molar-refractivity contribution in [1.29, 1.82) is 0 Å². The second-order valence-corrected chi connectivity index (χ2v) is 8.88. The van der Waals surface area contributed by atoms with Crippen LogP contribution in [0.25, 0.3) is 0 Å². The third-order valence-corrected chi connectivity index (χ3v) is 6.95. The van der Waals surface area contributed by atoms with E-state index in [1.54, 1.807) is 11.1 Å². The molecular weight excluding hydrogens is 421 g/mol. The number of benzene rings is 1. The van der Waals surface area contributed by atoms with Crippen LogP contribution in [0.2, 0.25) is 0 Å². The minimum atomic E-state index is -4.46. The van der Waals surface area contributed by atoms with Gasteiger partial charge in [0.25, 0.3) is 0 Å². The predicted octanol–water partition coefficient (Wildman–Crippen LogP) is 4.67. The van der Waals surface area contributed by atoms with Crippen molar-refractivity contribution in [2.24, 2.45) is 4.99 Å². The fraction of sp³-hybridized carbons (Fsp3) is 0.565. The summed E-state index contributed by atoms with van der Waals surface area (Å²) in [6.45, 7) is 1.39. The van der Waals surface area contributed by atoms with Gasteiger partial charge in [0.15, 0.2) is 6.29 Å². The average Bonchev–Trinajstić information content (AvgIpc) is 3.33. The zero-order valence-corrected chi connectivity index (χ0v) is 17.8. The van der Waals surface area contributed by atoms with Crippen molar-refractivity contribution in [3.63, 3.8) is 0 Å². The van der Waals surface area contributed by atoms with Crippen LogP contribution in [0.4, 0.5) is 23.7 Å². The van der Waals surface area contributed by atoms with E-state index < -0.39 is 18.2 Å². The number of ether oxygens (including phenoxy) is 1. The lowest BCUT2D eigenvalue weighted by atomic mass is 10.0. The van der Waals surface area contributed by atoms with Crippen LogP contribution in [0.15, 0.2) is 41.5 Å². The number of rotatable bonds is 3. The molecule has 1 aromatic rings. The molecule has 3 aliphatic heterocycles. The number of fused-ring (bicyclic) bond motifs is 1. The van der Waals surface area contributed by atoms with Gasteiger partial charge < -0.3 is 9.64 Å². The van der Waals surface area contributed by atoms with E-state index in [0.717, 1.165) is 43.0 Å². The van der Waals surface area contributed by atoms with Crippen molar-refractivity contribution in [2.45, 2.75) is 69.7 Å². The highest BCUT2D eigenvalue weighted by Crippen LogP contribution is 2.35. The Morgan fingerprint density at radius 2 is 1.72 bits per heavy atom. The Bertz CT molecular complexity index is 918. The number of amides is 1. The van der Waals surface area contributed by atoms with Gasteiger partial charge in [-0.05, 0) is 37.8 Å². The molecule has 0 spiro atoms. The number of aliphatic imine (C=N–C) groups is 1. The smallest absolute Gasteiger partial charge is 0.433 e. The van der Waals surface area contributed by atoms with Gasteiger partial charge in [0.05, 0.1) is 5.69 Å². The van der Waals surface area contributed by atoms with Gasteiger partial charge >= 0.3 is 12.3 Å². The number of likely N-dealkylation sites (tertiary alicyclic amines) is 1. The van der Waals surface area contributed by atoms with Crippen LogP contribution < -0.4 is 4.90 Å². The van der Waals surface area contributed by atoms with E-state index in [2.05, 4.69) is 4.99 Å². The molecule has 2 fully saturated rings. The first-order valence-corrected chi connectivity index (χ1v) is 11.3. The number of hydrogen-bond acceptors (Lipinski definition) is 5. The summed E-state index contributed by atoms with van der Waals surface area (Å²) in [5, 5.41) is 0. The van der Waals surface area contributed by atoms with Crippen LogP contribution in [0.1, 0.15) is 44.1 Å². The first-order valence-electron chi connectivity index (χ1n) is 11.3. The van der Waals surface area contributed by atoms with Gasteiger partial charge in [-0.25, -0.2) is 9.79 Å². The number of allylic oxidation sites excluding steroid dienone is 1. The van der Waals surface area contributed by atoms with Crippen LogP contribution in [0.5, 0.6) is 0 Å². The van der Waals surface area contributed by atoms with Gasteiger partial charge in [-0.3, -0.25) is 9.80 Å². The second kappa shape index (κ2) is 8.42. The molecule has 1 amide bonds. The van der Waals surface area contributed by atoms with Gasteiger partial charge in [-0.1, -0.05) is 31.0 Å². The molecule has 0 N–H and O–H groups in total. The zero-order chi connectivity index (χ0) is 22.3. The number of nitrogens with zero attached hydrogens (tertiary/aromatic N) is 4. The van der Waals surface area contributed by atoms with Crippen molar-refractivity contribution < 1.29 is 22.7 Å². The summed E-state index contributed by atoms with van der Waals surface area (Å²) in [6, 6.07) is 7.87. The average molecular weight is 448 g/mol. The Balaban J connectivity index is 1.33. The highest BCUT2D eigenvalue weighted by Gasteiger charge is 2.42. The molecule has 1 aromatic carbocycles. The molecule has 1 aliphatic carbocycles. The maximum atomic E-state index is 13.4. The number of carbonyl (C=O) groups is 1. The summed E-state index contributed by atoms with van der Waals surface area (Å²) in [6.07, 6.45) is 2.66. The lowest BCUT2D eigenvalue weighted by molar-refractivity contribution is -0.0610. The first-order chi connectivity index (χ1) is 15.4. The third kappa shape index (κ3) is 3.98. The molecule has 9 heteroatoms. The molecule has 0 radical (unpaired) electrons. The van der Waals surface area contributed by atoms with Gasteiger partial charge in [0.1, 0.15) is 12.3 Å². The minimum absolute atomic E-state index is 0.0506. The number of halogens is 3. The highest BCUT2D eigenvalue weighted by molar-refractivity contribution is 6.00. The molecular formula is C23H27F3N4O2. The van der Waals surface area contributed by atoms with E-state index in [1.807, 2.05) is 34.1 Å². The Morgan fingerprint density at radius 1 is 1.00 bits per heavy atom. The normalized spacial score (nSPS) is 25.7. The summed E-state index contributed by atoms with van der Waals surface area (Å²) in [7, 11) is 0. The van der Waals surface area contributed by atoms with Crippen molar-refractivity contribution in [3.8, 4) is 0 Å².